The summed E-state index contributed by atoms with van der Waals surface area (Å²) in [5.74, 6) is -0.0556. The normalized spacial score (nSPS) is 11.2. The van der Waals surface area contributed by atoms with Gasteiger partial charge < -0.3 is 9.84 Å². The molecule has 0 aliphatic heterocycles. The number of methoxy groups -OCH3 is 1. The van der Waals surface area contributed by atoms with Crippen molar-refractivity contribution in [2.24, 2.45) is 0 Å². The van der Waals surface area contributed by atoms with Crippen LogP contribution in [0.1, 0.15) is 16.7 Å². The minimum absolute atomic E-state index is 0.892. The highest BCUT2D eigenvalue weighted by molar-refractivity contribution is 5.80. The maximum Gasteiger partial charge on any atom is 0.328 e. The first kappa shape index (κ1) is 13.0. The van der Waals surface area contributed by atoms with E-state index in [4.69, 9.17) is 9.84 Å². The number of carbonyl (C=O) groups is 1. The van der Waals surface area contributed by atoms with Gasteiger partial charge in [0.25, 0.3) is 0 Å². The van der Waals surface area contributed by atoms with Gasteiger partial charge in [-0.05, 0) is 42.7 Å². The zero-order valence-corrected chi connectivity index (χ0v) is 10.2. The van der Waals surface area contributed by atoms with Gasteiger partial charge in [-0.2, -0.15) is 0 Å². The molecule has 0 aromatic heterocycles. The number of allylic oxidation sites excluding steroid dienone is 2. The Hall–Kier alpha value is -2.03. The number of carboxylic acids is 1. The maximum atomic E-state index is 10.3. The van der Waals surface area contributed by atoms with Gasteiger partial charge >= 0.3 is 5.97 Å². The Balaban J connectivity index is 2.90. The van der Waals surface area contributed by atoms with Crippen molar-refractivity contribution in [3.8, 4) is 5.75 Å². The molecule has 3 nitrogen and oxygen atoms in total. The molecule has 0 aliphatic carbocycles. The number of benzene rings is 1. The van der Waals surface area contributed by atoms with Gasteiger partial charge in [0.1, 0.15) is 5.75 Å². The number of hydrogen-bond acceptors (Lipinski definition) is 2. The molecule has 0 spiro atoms. The Morgan fingerprint density at radius 2 is 1.82 bits per heavy atom. The van der Waals surface area contributed by atoms with Gasteiger partial charge in [0.15, 0.2) is 0 Å². The second-order valence-corrected chi connectivity index (χ2v) is 3.74. The molecule has 1 aromatic rings. The number of rotatable bonds is 4. The molecular formula is C14H16O3. The molecule has 0 saturated heterocycles. The van der Waals surface area contributed by atoms with Crippen molar-refractivity contribution >= 4 is 12.0 Å². The van der Waals surface area contributed by atoms with Crippen LogP contribution in [0, 0.1) is 13.8 Å². The number of ether oxygens (including phenoxy) is 1. The van der Waals surface area contributed by atoms with E-state index in [0.717, 1.165) is 28.5 Å². The van der Waals surface area contributed by atoms with Gasteiger partial charge in [0.2, 0.25) is 0 Å². The molecule has 90 valence electrons. The molecule has 0 amide bonds. The number of aryl methyl sites for hydroxylation is 2. The highest BCUT2D eigenvalue weighted by atomic mass is 16.5. The lowest BCUT2D eigenvalue weighted by molar-refractivity contribution is -0.131. The predicted octanol–water partition coefficient (Wildman–Crippen LogP) is 2.97. The summed E-state index contributed by atoms with van der Waals surface area (Å²) in [4.78, 5) is 10.3. The second-order valence-electron chi connectivity index (χ2n) is 3.74. The van der Waals surface area contributed by atoms with E-state index in [1.807, 2.05) is 32.1 Å². The fraction of sp³-hybridized carbons (Fsp3) is 0.214. The van der Waals surface area contributed by atoms with E-state index in [9.17, 15) is 4.79 Å². The van der Waals surface area contributed by atoms with Crippen molar-refractivity contribution in [1.82, 2.24) is 0 Å². The zero-order chi connectivity index (χ0) is 12.8. The van der Waals surface area contributed by atoms with Crippen LogP contribution in [0.15, 0.2) is 30.4 Å². The molecule has 0 atom stereocenters. The molecule has 0 bridgehead atoms. The van der Waals surface area contributed by atoms with Crippen molar-refractivity contribution in [2.75, 3.05) is 7.11 Å². The summed E-state index contributed by atoms with van der Waals surface area (Å²) in [5, 5.41) is 8.43. The largest absolute Gasteiger partial charge is 0.496 e. The summed E-state index contributed by atoms with van der Waals surface area (Å²) in [6.07, 6.45) is 6.16. The van der Waals surface area contributed by atoms with Crippen molar-refractivity contribution in [2.45, 2.75) is 13.8 Å². The fourth-order valence-electron chi connectivity index (χ4n) is 1.71. The highest BCUT2D eigenvalue weighted by Crippen LogP contribution is 2.24. The van der Waals surface area contributed by atoms with Crippen LogP contribution in [0.4, 0.5) is 0 Å². The summed E-state index contributed by atoms with van der Waals surface area (Å²) >= 11 is 0. The Bertz CT molecular complexity index is 447. The van der Waals surface area contributed by atoms with E-state index >= 15 is 0 Å². The molecule has 17 heavy (non-hydrogen) atoms. The first-order chi connectivity index (χ1) is 8.04. The summed E-state index contributed by atoms with van der Waals surface area (Å²) in [6.45, 7) is 3.96. The molecule has 0 saturated carbocycles. The molecule has 1 N–H and O–H groups in total. The van der Waals surface area contributed by atoms with Gasteiger partial charge in [0, 0.05) is 6.08 Å². The molecule has 1 rings (SSSR count). The van der Waals surface area contributed by atoms with Crippen LogP contribution in [0.3, 0.4) is 0 Å². The molecule has 1 aromatic carbocycles. The summed E-state index contributed by atoms with van der Waals surface area (Å²) in [7, 11) is 1.65. The third-order valence-corrected chi connectivity index (χ3v) is 2.33. The monoisotopic (exact) mass is 232 g/mol. The Kier molecular flexibility index (Phi) is 4.52. The van der Waals surface area contributed by atoms with Crippen molar-refractivity contribution in [3.63, 3.8) is 0 Å². The molecule has 0 radical (unpaired) electrons. The minimum atomic E-state index is -0.947. The van der Waals surface area contributed by atoms with Crippen LogP contribution in [0.25, 0.3) is 6.08 Å². The SMILES string of the molecule is COc1c(C)cc(/C=C/C=C/C(=O)O)cc1C. The first-order valence-corrected chi connectivity index (χ1v) is 5.27. The third kappa shape index (κ3) is 3.79. The van der Waals surface area contributed by atoms with Crippen LogP contribution in [-0.2, 0) is 4.79 Å². The third-order valence-electron chi connectivity index (χ3n) is 2.33. The highest BCUT2D eigenvalue weighted by Gasteiger charge is 2.02. The van der Waals surface area contributed by atoms with Crippen LogP contribution in [0.5, 0.6) is 5.75 Å². The summed E-state index contributed by atoms with van der Waals surface area (Å²) in [6, 6.07) is 3.99. The van der Waals surface area contributed by atoms with E-state index < -0.39 is 5.97 Å². The summed E-state index contributed by atoms with van der Waals surface area (Å²) < 4.78 is 5.27. The summed E-state index contributed by atoms with van der Waals surface area (Å²) in [5.41, 5.74) is 3.15. The lowest BCUT2D eigenvalue weighted by Gasteiger charge is -2.09. The van der Waals surface area contributed by atoms with Gasteiger partial charge in [-0.3, -0.25) is 0 Å². The van der Waals surface area contributed by atoms with Crippen molar-refractivity contribution in [3.05, 3.63) is 47.1 Å². The maximum absolute atomic E-state index is 10.3. The smallest absolute Gasteiger partial charge is 0.328 e. The minimum Gasteiger partial charge on any atom is -0.496 e. The number of hydrogen-bond donors (Lipinski definition) is 1. The average Bonchev–Trinajstić information content (AvgIpc) is 2.24. The second kappa shape index (κ2) is 5.89. The fourth-order valence-corrected chi connectivity index (χ4v) is 1.71. The number of carboxylic acid groups (broad SMARTS) is 1. The molecular weight excluding hydrogens is 216 g/mol. The van der Waals surface area contributed by atoms with Gasteiger partial charge in [-0.15, -0.1) is 0 Å². The molecule has 0 unspecified atom stereocenters. The number of aliphatic carboxylic acids is 1. The van der Waals surface area contributed by atoms with E-state index in [1.54, 1.807) is 13.2 Å². The molecule has 0 heterocycles. The van der Waals surface area contributed by atoms with Crippen LogP contribution < -0.4 is 4.74 Å². The van der Waals surface area contributed by atoms with E-state index in [2.05, 4.69) is 0 Å². The topological polar surface area (TPSA) is 46.5 Å². The van der Waals surface area contributed by atoms with Crippen molar-refractivity contribution < 1.29 is 14.6 Å². The van der Waals surface area contributed by atoms with Gasteiger partial charge in [0.05, 0.1) is 7.11 Å². The Morgan fingerprint density at radius 1 is 1.24 bits per heavy atom. The lowest BCUT2D eigenvalue weighted by Crippen LogP contribution is -1.91. The van der Waals surface area contributed by atoms with Crippen LogP contribution in [0.2, 0.25) is 0 Å². The standard InChI is InChI=1S/C14H16O3/c1-10-8-12(6-4-5-7-13(15)16)9-11(2)14(10)17-3/h4-9H,1-3H3,(H,15,16)/b6-4+,7-5+. The van der Waals surface area contributed by atoms with E-state index in [0.29, 0.717) is 0 Å². The quantitative estimate of drug-likeness (QED) is 0.641. The molecule has 0 aliphatic rings. The van der Waals surface area contributed by atoms with Gasteiger partial charge in [-0.1, -0.05) is 18.2 Å². The predicted molar refractivity (Wildman–Crippen MR) is 68.3 cm³/mol. The Labute approximate surface area is 101 Å². The lowest BCUT2D eigenvalue weighted by atomic mass is 10.1. The van der Waals surface area contributed by atoms with Crippen LogP contribution >= 0.6 is 0 Å². The van der Waals surface area contributed by atoms with Crippen LogP contribution in [-0.4, -0.2) is 18.2 Å². The van der Waals surface area contributed by atoms with E-state index in [-0.39, 0.29) is 0 Å². The van der Waals surface area contributed by atoms with E-state index in [1.165, 1.54) is 6.08 Å². The van der Waals surface area contributed by atoms with Crippen molar-refractivity contribution in [1.29, 1.82) is 0 Å². The zero-order valence-electron chi connectivity index (χ0n) is 10.2. The molecule has 0 fully saturated rings. The van der Waals surface area contributed by atoms with Gasteiger partial charge in [-0.25, -0.2) is 4.79 Å². The molecule has 3 heteroatoms. The first-order valence-electron chi connectivity index (χ1n) is 5.27. The average molecular weight is 232 g/mol. The Morgan fingerprint density at radius 3 is 2.29 bits per heavy atom.